The molecule has 0 aliphatic carbocycles. The van der Waals surface area contributed by atoms with Crippen molar-refractivity contribution in [3.63, 3.8) is 0 Å². The highest BCUT2D eigenvalue weighted by Crippen LogP contribution is 2.27. The molecule has 2 heterocycles. The van der Waals surface area contributed by atoms with Crippen LogP contribution in [0.2, 0.25) is 10.2 Å². The third kappa shape index (κ3) is 2.32. The van der Waals surface area contributed by atoms with Gasteiger partial charge in [0.25, 0.3) is 0 Å². The van der Waals surface area contributed by atoms with Gasteiger partial charge in [-0.2, -0.15) is 5.10 Å². The largest absolute Gasteiger partial charge is 0.216 e. The van der Waals surface area contributed by atoms with Crippen LogP contribution in [0.15, 0.2) is 30.3 Å². The van der Waals surface area contributed by atoms with Gasteiger partial charge in [-0.25, -0.2) is 9.50 Å². The van der Waals surface area contributed by atoms with Crippen molar-refractivity contribution in [2.45, 2.75) is 6.92 Å². The van der Waals surface area contributed by atoms with E-state index in [0.29, 0.717) is 10.2 Å². The molecule has 0 saturated carbocycles. The molecule has 19 heavy (non-hydrogen) atoms. The minimum absolute atomic E-state index is 0.445. The highest BCUT2D eigenvalue weighted by Gasteiger charge is 2.13. The number of benzene rings is 1. The minimum Gasteiger partial charge on any atom is -0.216 e. The molecule has 0 unspecified atom stereocenters. The van der Waals surface area contributed by atoms with Crippen LogP contribution >= 0.6 is 45.8 Å². The molecule has 0 aliphatic rings. The van der Waals surface area contributed by atoms with Crippen LogP contribution < -0.4 is 0 Å². The van der Waals surface area contributed by atoms with Gasteiger partial charge >= 0.3 is 0 Å². The van der Waals surface area contributed by atoms with Gasteiger partial charge in [0.05, 0.1) is 15.0 Å². The monoisotopic (exact) mass is 403 g/mol. The summed E-state index contributed by atoms with van der Waals surface area (Å²) in [7, 11) is 0. The molecule has 0 bridgehead atoms. The van der Waals surface area contributed by atoms with E-state index >= 15 is 0 Å². The summed E-state index contributed by atoms with van der Waals surface area (Å²) in [6, 6.07) is 9.39. The quantitative estimate of drug-likeness (QED) is 0.438. The first-order chi connectivity index (χ1) is 9.06. The smallest absolute Gasteiger partial charge is 0.170 e. The summed E-state index contributed by atoms with van der Waals surface area (Å²) in [4.78, 5) is 4.33. The molecule has 0 saturated heterocycles. The van der Waals surface area contributed by atoms with Crippen LogP contribution in [0, 0.1) is 10.5 Å². The summed E-state index contributed by atoms with van der Waals surface area (Å²) in [5, 5.41) is 5.63. The average Bonchev–Trinajstić information content (AvgIpc) is 2.65. The highest BCUT2D eigenvalue weighted by atomic mass is 127. The second-order valence-corrected chi connectivity index (χ2v) is 6.01. The summed E-state index contributed by atoms with van der Waals surface area (Å²) >= 11 is 14.4. The maximum atomic E-state index is 6.11. The Morgan fingerprint density at radius 2 is 2.00 bits per heavy atom. The molecular formula is C13H8Cl2IN3. The normalized spacial score (nSPS) is 11.2. The van der Waals surface area contributed by atoms with E-state index in [1.165, 1.54) is 0 Å². The fourth-order valence-electron chi connectivity index (χ4n) is 1.92. The molecule has 6 heteroatoms. The van der Waals surface area contributed by atoms with Gasteiger partial charge in [0.2, 0.25) is 0 Å². The predicted molar refractivity (Wildman–Crippen MR) is 85.9 cm³/mol. The zero-order valence-electron chi connectivity index (χ0n) is 9.86. The molecule has 3 nitrogen and oxygen atoms in total. The first kappa shape index (κ1) is 13.1. The second kappa shape index (κ2) is 4.92. The van der Waals surface area contributed by atoms with E-state index in [-0.39, 0.29) is 0 Å². The van der Waals surface area contributed by atoms with Crippen molar-refractivity contribution < 1.29 is 0 Å². The van der Waals surface area contributed by atoms with Crippen LogP contribution in [-0.4, -0.2) is 14.6 Å². The van der Waals surface area contributed by atoms with Crippen molar-refractivity contribution in [2.75, 3.05) is 0 Å². The molecule has 0 atom stereocenters. The van der Waals surface area contributed by atoms with E-state index in [4.69, 9.17) is 23.2 Å². The molecular weight excluding hydrogens is 396 g/mol. The number of aryl methyl sites for hydroxylation is 1. The summed E-state index contributed by atoms with van der Waals surface area (Å²) in [5.74, 6) is 0. The summed E-state index contributed by atoms with van der Waals surface area (Å²) in [6.45, 7) is 1.95. The number of hydrogen-bond acceptors (Lipinski definition) is 2. The Bertz CT molecular complexity index is 783. The van der Waals surface area contributed by atoms with Crippen LogP contribution in [-0.2, 0) is 0 Å². The van der Waals surface area contributed by atoms with Crippen molar-refractivity contribution in [1.82, 2.24) is 14.6 Å². The van der Waals surface area contributed by atoms with E-state index in [2.05, 4.69) is 32.7 Å². The zero-order valence-corrected chi connectivity index (χ0v) is 13.5. The van der Waals surface area contributed by atoms with Gasteiger partial charge in [0, 0.05) is 16.7 Å². The number of halogens is 3. The number of rotatable bonds is 1. The fraction of sp³-hybridized carbons (Fsp3) is 0.0769. The lowest BCUT2D eigenvalue weighted by Crippen LogP contribution is -1.97. The van der Waals surface area contributed by atoms with Crippen molar-refractivity contribution in [2.24, 2.45) is 0 Å². The fourth-order valence-corrected chi connectivity index (χ4v) is 2.75. The first-order valence-electron chi connectivity index (χ1n) is 5.53. The predicted octanol–water partition coefficient (Wildman–Crippen LogP) is 4.62. The van der Waals surface area contributed by atoms with Crippen LogP contribution in [0.5, 0.6) is 0 Å². The van der Waals surface area contributed by atoms with Gasteiger partial charge in [-0.05, 0) is 41.6 Å². The number of fused-ring (bicyclic) bond motifs is 1. The van der Waals surface area contributed by atoms with Gasteiger partial charge in [-0.15, -0.1) is 0 Å². The SMILES string of the molecule is Cc1nn2c(-c3cccc(Cl)c3)cc(Cl)nc2c1I. The number of aromatic nitrogens is 3. The van der Waals surface area contributed by atoms with Crippen LogP contribution in [0.3, 0.4) is 0 Å². The van der Waals surface area contributed by atoms with Crippen molar-refractivity contribution in [3.8, 4) is 11.3 Å². The molecule has 0 N–H and O–H groups in total. The summed E-state index contributed by atoms with van der Waals surface area (Å²) in [6.07, 6.45) is 0. The van der Waals surface area contributed by atoms with Crippen LogP contribution in [0.25, 0.3) is 16.9 Å². The molecule has 3 aromatic rings. The Hall–Kier alpha value is -0.850. The Labute approximate surface area is 133 Å². The number of hydrogen-bond donors (Lipinski definition) is 0. The topological polar surface area (TPSA) is 30.2 Å². The minimum atomic E-state index is 0.445. The summed E-state index contributed by atoms with van der Waals surface area (Å²) < 4.78 is 2.80. The first-order valence-corrected chi connectivity index (χ1v) is 7.37. The molecule has 0 aliphatic heterocycles. The lowest BCUT2D eigenvalue weighted by Gasteiger charge is -2.06. The van der Waals surface area contributed by atoms with Gasteiger partial charge in [0.1, 0.15) is 5.15 Å². The molecule has 96 valence electrons. The molecule has 3 rings (SSSR count). The van der Waals surface area contributed by atoms with Crippen LogP contribution in [0.1, 0.15) is 5.69 Å². The highest BCUT2D eigenvalue weighted by molar-refractivity contribution is 14.1. The Kier molecular flexibility index (Phi) is 3.41. The Morgan fingerprint density at radius 3 is 2.74 bits per heavy atom. The third-order valence-electron chi connectivity index (χ3n) is 2.78. The van der Waals surface area contributed by atoms with Crippen molar-refractivity contribution >= 4 is 51.4 Å². The van der Waals surface area contributed by atoms with Gasteiger partial charge in [0.15, 0.2) is 5.65 Å². The molecule has 0 spiro atoms. The van der Waals surface area contributed by atoms with E-state index in [1.54, 1.807) is 10.6 Å². The Balaban J connectivity index is 2.37. The van der Waals surface area contributed by atoms with E-state index < -0.39 is 0 Å². The number of nitrogens with zero attached hydrogens (tertiary/aromatic N) is 3. The standard InChI is InChI=1S/C13H8Cl2IN3/c1-7-12(16)13-17-11(15)6-10(19(13)18-7)8-3-2-4-9(14)5-8/h2-6H,1H3. The zero-order chi connectivity index (χ0) is 13.6. The summed E-state index contributed by atoms with van der Waals surface area (Å²) in [5.41, 5.74) is 3.53. The second-order valence-electron chi connectivity index (χ2n) is 4.11. The van der Waals surface area contributed by atoms with Crippen molar-refractivity contribution in [3.05, 3.63) is 49.8 Å². The van der Waals surface area contributed by atoms with Gasteiger partial charge in [-0.3, -0.25) is 0 Å². The third-order valence-corrected chi connectivity index (χ3v) is 4.47. The Morgan fingerprint density at radius 1 is 1.21 bits per heavy atom. The maximum Gasteiger partial charge on any atom is 0.170 e. The van der Waals surface area contributed by atoms with Crippen LogP contribution in [0.4, 0.5) is 0 Å². The molecule has 0 radical (unpaired) electrons. The lowest BCUT2D eigenvalue weighted by atomic mass is 10.1. The van der Waals surface area contributed by atoms with Gasteiger partial charge < -0.3 is 0 Å². The van der Waals surface area contributed by atoms with Crippen molar-refractivity contribution in [1.29, 1.82) is 0 Å². The molecule has 0 fully saturated rings. The molecule has 1 aromatic carbocycles. The van der Waals surface area contributed by atoms with Gasteiger partial charge in [-0.1, -0.05) is 35.3 Å². The maximum absolute atomic E-state index is 6.11. The van der Waals surface area contributed by atoms with E-state index in [0.717, 1.165) is 26.2 Å². The molecule has 0 amide bonds. The van der Waals surface area contributed by atoms with E-state index in [9.17, 15) is 0 Å². The average molecular weight is 404 g/mol. The molecule has 2 aromatic heterocycles. The van der Waals surface area contributed by atoms with E-state index in [1.807, 2.05) is 31.2 Å². The lowest BCUT2D eigenvalue weighted by molar-refractivity contribution is 0.925.